The van der Waals surface area contributed by atoms with Crippen molar-refractivity contribution in [2.24, 2.45) is 0 Å². The second kappa shape index (κ2) is 6.30. The first kappa shape index (κ1) is 14.2. The Bertz CT molecular complexity index is 712. The number of hydrogen-bond donors (Lipinski definition) is 2. The molecule has 0 spiro atoms. The van der Waals surface area contributed by atoms with Gasteiger partial charge in [-0.25, -0.2) is 0 Å². The quantitative estimate of drug-likeness (QED) is 0.664. The fraction of sp³-hybridized carbons (Fsp3) is 0.0667. The van der Waals surface area contributed by atoms with E-state index in [-0.39, 0.29) is 17.2 Å². The number of nitriles is 1. The maximum Gasteiger partial charge on any atom is 0.268 e. The zero-order valence-corrected chi connectivity index (χ0v) is 11.2. The molecule has 2 rings (SSSR count). The fourth-order valence-corrected chi connectivity index (χ4v) is 1.64. The van der Waals surface area contributed by atoms with Gasteiger partial charge in [0.05, 0.1) is 13.4 Å². The van der Waals surface area contributed by atoms with Crippen LogP contribution in [0.25, 0.3) is 6.08 Å². The van der Waals surface area contributed by atoms with Crippen LogP contribution in [0.2, 0.25) is 0 Å². The van der Waals surface area contributed by atoms with Crippen molar-refractivity contribution < 1.29 is 19.1 Å². The van der Waals surface area contributed by atoms with E-state index in [0.717, 1.165) is 0 Å². The van der Waals surface area contributed by atoms with Crippen molar-refractivity contribution in [1.29, 1.82) is 5.26 Å². The molecule has 0 atom stereocenters. The highest BCUT2D eigenvalue weighted by atomic mass is 16.5. The Labute approximate surface area is 120 Å². The van der Waals surface area contributed by atoms with E-state index in [0.29, 0.717) is 11.3 Å². The summed E-state index contributed by atoms with van der Waals surface area (Å²) in [6.07, 6.45) is 2.77. The second-order valence-corrected chi connectivity index (χ2v) is 4.03. The number of anilines is 1. The van der Waals surface area contributed by atoms with Crippen LogP contribution in [0, 0.1) is 11.3 Å². The van der Waals surface area contributed by atoms with Crippen LogP contribution in [0.5, 0.6) is 11.5 Å². The molecular formula is C15H12N2O4. The molecule has 21 heavy (non-hydrogen) atoms. The van der Waals surface area contributed by atoms with Gasteiger partial charge in [-0.1, -0.05) is 6.07 Å². The van der Waals surface area contributed by atoms with Crippen LogP contribution in [0.4, 0.5) is 5.88 Å². The van der Waals surface area contributed by atoms with Gasteiger partial charge in [-0.15, -0.1) is 0 Å². The van der Waals surface area contributed by atoms with E-state index in [9.17, 15) is 9.90 Å². The van der Waals surface area contributed by atoms with Gasteiger partial charge in [-0.05, 0) is 29.8 Å². The van der Waals surface area contributed by atoms with Crippen molar-refractivity contribution in [3.05, 3.63) is 47.7 Å². The number of aromatic hydroxyl groups is 1. The molecule has 2 N–H and O–H groups in total. The lowest BCUT2D eigenvalue weighted by atomic mass is 10.1. The number of phenolic OH excluding ortho intramolecular Hbond substituents is 1. The van der Waals surface area contributed by atoms with Gasteiger partial charge in [0.2, 0.25) is 0 Å². The number of rotatable bonds is 4. The topological polar surface area (TPSA) is 95.5 Å². The molecule has 0 saturated heterocycles. The number of carbonyl (C=O) groups is 1. The number of benzene rings is 1. The fourth-order valence-electron chi connectivity index (χ4n) is 1.64. The molecule has 106 valence electrons. The standard InChI is InChI=1S/C15H12N2O4/c1-20-13-5-4-10(8-12(13)18)7-11(9-16)15(19)17-14-3-2-6-21-14/h2-8,18H,1H3,(H,17,19)/b11-7+. The van der Waals surface area contributed by atoms with Gasteiger partial charge in [0.1, 0.15) is 11.6 Å². The van der Waals surface area contributed by atoms with Crippen LogP contribution >= 0.6 is 0 Å². The average Bonchev–Trinajstić information content (AvgIpc) is 2.97. The molecule has 0 fully saturated rings. The van der Waals surface area contributed by atoms with Crippen molar-refractivity contribution >= 4 is 17.9 Å². The van der Waals surface area contributed by atoms with E-state index in [1.165, 1.54) is 25.5 Å². The Morgan fingerprint density at radius 1 is 1.48 bits per heavy atom. The summed E-state index contributed by atoms with van der Waals surface area (Å²) in [5.41, 5.74) is 0.385. The normalized spacial score (nSPS) is 10.8. The third kappa shape index (κ3) is 3.42. The zero-order valence-electron chi connectivity index (χ0n) is 11.2. The summed E-state index contributed by atoms with van der Waals surface area (Å²) in [5.74, 6) is -0.109. The van der Waals surface area contributed by atoms with E-state index in [1.54, 1.807) is 30.3 Å². The minimum absolute atomic E-state index is 0.0741. The molecule has 0 saturated carbocycles. The highest BCUT2D eigenvalue weighted by Gasteiger charge is 2.11. The van der Waals surface area contributed by atoms with Gasteiger partial charge < -0.3 is 14.3 Å². The number of methoxy groups -OCH3 is 1. The molecule has 2 aromatic rings. The van der Waals surface area contributed by atoms with Gasteiger partial charge in [-0.2, -0.15) is 5.26 Å². The molecular weight excluding hydrogens is 272 g/mol. The van der Waals surface area contributed by atoms with E-state index in [2.05, 4.69) is 5.32 Å². The Morgan fingerprint density at radius 3 is 2.86 bits per heavy atom. The zero-order chi connectivity index (χ0) is 15.2. The van der Waals surface area contributed by atoms with Crippen molar-refractivity contribution in [3.8, 4) is 17.6 Å². The number of furan rings is 1. The van der Waals surface area contributed by atoms with Gasteiger partial charge in [0.15, 0.2) is 17.4 Å². The van der Waals surface area contributed by atoms with Crippen LogP contribution in [0.15, 0.2) is 46.6 Å². The molecule has 1 aromatic heterocycles. The van der Waals surface area contributed by atoms with Gasteiger partial charge in [0, 0.05) is 6.07 Å². The molecule has 0 aliphatic heterocycles. The third-order valence-corrected chi connectivity index (χ3v) is 2.64. The molecule has 0 radical (unpaired) electrons. The first-order valence-electron chi connectivity index (χ1n) is 5.97. The lowest BCUT2D eigenvalue weighted by molar-refractivity contribution is -0.112. The Morgan fingerprint density at radius 2 is 2.29 bits per heavy atom. The Kier molecular flexibility index (Phi) is 4.26. The number of nitrogens with one attached hydrogen (secondary N) is 1. The van der Waals surface area contributed by atoms with E-state index >= 15 is 0 Å². The molecule has 6 nitrogen and oxygen atoms in total. The van der Waals surface area contributed by atoms with E-state index < -0.39 is 5.91 Å². The maximum atomic E-state index is 11.9. The number of nitrogens with zero attached hydrogens (tertiary/aromatic N) is 1. The minimum Gasteiger partial charge on any atom is -0.504 e. The summed E-state index contributed by atoms with van der Waals surface area (Å²) in [4.78, 5) is 11.9. The average molecular weight is 284 g/mol. The Hall–Kier alpha value is -3.20. The summed E-state index contributed by atoms with van der Waals surface area (Å²) in [5, 5.41) is 21.2. The summed E-state index contributed by atoms with van der Waals surface area (Å²) in [7, 11) is 1.43. The van der Waals surface area contributed by atoms with Crippen molar-refractivity contribution in [1.82, 2.24) is 0 Å². The number of carbonyl (C=O) groups excluding carboxylic acids is 1. The summed E-state index contributed by atoms with van der Waals surface area (Å²) in [6, 6.07) is 9.55. The smallest absolute Gasteiger partial charge is 0.268 e. The molecule has 1 heterocycles. The number of phenols is 1. The minimum atomic E-state index is -0.595. The van der Waals surface area contributed by atoms with Crippen LogP contribution in [-0.4, -0.2) is 18.1 Å². The van der Waals surface area contributed by atoms with Crippen molar-refractivity contribution in [2.45, 2.75) is 0 Å². The molecule has 0 bridgehead atoms. The molecule has 6 heteroatoms. The summed E-state index contributed by atoms with van der Waals surface area (Å²) < 4.78 is 9.89. The van der Waals surface area contributed by atoms with Crippen LogP contribution in [0.1, 0.15) is 5.56 Å². The van der Waals surface area contributed by atoms with Crippen LogP contribution in [-0.2, 0) is 4.79 Å². The Balaban J connectivity index is 2.22. The lowest BCUT2D eigenvalue weighted by Gasteiger charge is -2.04. The molecule has 1 amide bonds. The maximum absolute atomic E-state index is 11.9. The van der Waals surface area contributed by atoms with E-state index in [4.69, 9.17) is 14.4 Å². The molecule has 0 unspecified atom stereocenters. The predicted molar refractivity (Wildman–Crippen MR) is 75.6 cm³/mol. The van der Waals surface area contributed by atoms with Gasteiger partial charge >= 0.3 is 0 Å². The highest BCUT2D eigenvalue weighted by molar-refractivity contribution is 6.09. The predicted octanol–water partition coefficient (Wildman–Crippen LogP) is 2.54. The van der Waals surface area contributed by atoms with Gasteiger partial charge in [-0.3, -0.25) is 10.1 Å². The third-order valence-electron chi connectivity index (χ3n) is 2.64. The van der Waals surface area contributed by atoms with E-state index in [1.807, 2.05) is 0 Å². The monoisotopic (exact) mass is 284 g/mol. The molecule has 1 aromatic carbocycles. The van der Waals surface area contributed by atoms with Crippen LogP contribution in [0.3, 0.4) is 0 Å². The van der Waals surface area contributed by atoms with Gasteiger partial charge in [0.25, 0.3) is 5.91 Å². The largest absolute Gasteiger partial charge is 0.504 e. The number of amides is 1. The summed E-state index contributed by atoms with van der Waals surface area (Å²) >= 11 is 0. The summed E-state index contributed by atoms with van der Waals surface area (Å²) in [6.45, 7) is 0. The highest BCUT2D eigenvalue weighted by Crippen LogP contribution is 2.27. The van der Waals surface area contributed by atoms with Crippen molar-refractivity contribution in [2.75, 3.05) is 12.4 Å². The number of ether oxygens (including phenoxy) is 1. The SMILES string of the molecule is COc1ccc(/C=C(\C#N)C(=O)Nc2ccco2)cc1O. The second-order valence-electron chi connectivity index (χ2n) is 4.03. The first-order chi connectivity index (χ1) is 10.1. The first-order valence-corrected chi connectivity index (χ1v) is 5.97. The van der Waals surface area contributed by atoms with Crippen LogP contribution < -0.4 is 10.1 Å². The van der Waals surface area contributed by atoms with Crippen molar-refractivity contribution in [3.63, 3.8) is 0 Å². The number of hydrogen-bond acceptors (Lipinski definition) is 5. The lowest BCUT2D eigenvalue weighted by Crippen LogP contribution is -2.12. The molecule has 0 aliphatic carbocycles. The molecule has 0 aliphatic rings.